The Labute approximate surface area is 143 Å². The third-order valence-electron chi connectivity index (χ3n) is 4.21. The third kappa shape index (κ3) is 4.82. The molecule has 1 aromatic carbocycles. The highest BCUT2D eigenvalue weighted by atomic mass is 19.4. The van der Waals surface area contributed by atoms with Gasteiger partial charge in [0.25, 0.3) is 5.91 Å². The van der Waals surface area contributed by atoms with Gasteiger partial charge in [0.15, 0.2) is 5.69 Å². The topological polar surface area (TPSA) is 69.8 Å². The summed E-state index contributed by atoms with van der Waals surface area (Å²) in [5.74, 6) is -0.0684. The van der Waals surface area contributed by atoms with E-state index in [-0.39, 0.29) is 18.0 Å². The molecule has 3 N–H and O–H groups in total. The van der Waals surface area contributed by atoms with Crippen molar-refractivity contribution in [3.8, 4) is 0 Å². The number of aromatic amines is 1. The first-order chi connectivity index (χ1) is 11.9. The van der Waals surface area contributed by atoms with Gasteiger partial charge in [0.1, 0.15) is 0 Å². The number of carbonyl (C=O) groups excluding carboxylic acids is 1. The minimum Gasteiger partial charge on any atom is -0.321 e. The van der Waals surface area contributed by atoms with Gasteiger partial charge in [-0.2, -0.15) is 18.3 Å². The standard InChI is InChI=1S/C17H19F3N4O/c18-17(19,20)6-4-11-2-1-3-13(8-11)22-16(25)15-9-14(23-24-15)12-5-7-21-10-12/h1-3,8-9,12,21H,4-7,10H2,(H,22,25)(H,23,24). The van der Waals surface area contributed by atoms with Crippen LogP contribution in [0, 0.1) is 0 Å². The number of nitrogens with zero attached hydrogens (tertiary/aromatic N) is 1. The molecule has 1 atom stereocenters. The maximum atomic E-state index is 12.3. The number of carbonyl (C=O) groups is 1. The molecule has 1 fully saturated rings. The maximum Gasteiger partial charge on any atom is 0.389 e. The number of nitrogens with one attached hydrogen (secondary N) is 3. The molecule has 1 aliphatic heterocycles. The molecule has 1 unspecified atom stereocenters. The van der Waals surface area contributed by atoms with Gasteiger partial charge < -0.3 is 10.6 Å². The predicted octanol–water partition coefficient (Wildman–Crippen LogP) is 3.23. The number of H-pyrrole nitrogens is 1. The van der Waals surface area contributed by atoms with Crippen molar-refractivity contribution in [2.45, 2.75) is 31.4 Å². The highest BCUT2D eigenvalue weighted by molar-refractivity contribution is 6.02. The maximum absolute atomic E-state index is 12.3. The summed E-state index contributed by atoms with van der Waals surface area (Å²) >= 11 is 0. The number of benzene rings is 1. The zero-order valence-corrected chi connectivity index (χ0v) is 13.5. The lowest BCUT2D eigenvalue weighted by molar-refractivity contribution is -0.134. The van der Waals surface area contributed by atoms with E-state index in [1.54, 1.807) is 30.3 Å². The van der Waals surface area contributed by atoms with Gasteiger partial charge in [0.2, 0.25) is 0 Å². The second kappa shape index (κ2) is 7.26. The molecule has 1 saturated heterocycles. The van der Waals surface area contributed by atoms with Crippen molar-refractivity contribution < 1.29 is 18.0 Å². The normalized spacial score (nSPS) is 17.6. The molecule has 0 saturated carbocycles. The van der Waals surface area contributed by atoms with Gasteiger partial charge in [0, 0.05) is 30.3 Å². The fraction of sp³-hybridized carbons (Fsp3) is 0.412. The third-order valence-corrected chi connectivity index (χ3v) is 4.21. The average Bonchev–Trinajstić information content (AvgIpc) is 3.23. The summed E-state index contributed by atoms with van der Waals surface area (Å²) < 4.78 is 37.0. The minimum absolute atomic E-state index is 0.117. The van der Waals surface area contributed by atoms with Crippen LogP contribution in [0.25, 0.3) is 0 Å². The number of rotatable bonds is 5. The SMILES string of the molecule is O=C(Nc1cccc(CCC(F)(F)F)c1)c1cc(C2CCNC2)[nH]n1. The Balaban J connectivity index is 1.62. The average molecular weight is 352 g/mol. The smallest absolute Gasteiger partial charge is 0.321 e. The van der Waals surface area contributed by atoms with Crippen molar-refractivity contribution in [1.82, 2.24) is 15.5 Å². The molecule has 5 nitrogen and oxygen atoms in total. The van der Waals surface area contributed by atoms with Gasteiger partial charge in [-0.1, -0.05) is 12.1 Å². The molecule has 1 aromatic heterocycles. The van der Waals surface area contributed by atoms with Gasteiger partial charge in [-0.3, -0.25) is 9.89 Å². The molecule has 0 radical (unpaired) electrons. The molecule has 8 heteroatoms. The summed E-state index contributed by atoms with van der Waals surface area (Å²) in [6.07, 6.45) is -4.21. The summed E-state index contributed by atoms with van der Waals surface area (Å²) in [4.78, 5) is 12.3. The van der Waals surface area contributed by atoms with E-state index in [2.05, 4.69) is 20.8 Å². The Hall–Kier alpha value is -2.35. The highest BCUT2D eigenvalue weighted by Gasteiger charge is 2.26. The van der Waals surface area contributed by atoms with E-state index in [9.17, 15) is 18.0 Å². The van der Waals surface area contributed by atoms with E-state index in [0.717, 1.165) is 25.2 Å². The molecule has 1 aliphatic rings. The number of aryl methyl sites for hydroxylation is 1. The van der Waals surface area contributed by atoms with Crippen LogP contribution >= 0.6 is 0 Å². The molecular weight excluding hydrogens is 333 g/mol. The second-order valence-electron chi connectivity index (χ2n) is 6.17. The number of hydrogen-bond donors (Lipinski definition) is 3. The van der Waals surface area contributed by atoms with Gasteiger partial charge in [0.05, 0.1) is 0 Å². The first-order valence-corrected chi connectivity index (χ1v) is 8.14. The molecule has 3 rings (SSSR count). The Morgan fingerprint density at radius 3 is 2.88 bits per heavy atom. The molecule has 1 amide bonds. The van der Waals surface area contributed by atoms with Crippen molar-refractivity contribution in [2.24, 2.45) is 0 Å². The van der Waals surface area contributed by atoms with Crippen molar-refractivity contribution in [1.29, 1.82) is 0 Å². The Morgan fingerprint density at radius 2 is 2.16 bits per heavy atom. The summed E-state index contributed by atoms with van der Waals surface area (Å²) in [6.45, 7) is 1.79. The summed E-state index contributed by atoms with van der Waals surface area (Å²) in [7, 11) is 0. The van der Waals surface area contributed by atoms with Gasteiger partial charge >= 0.3 is 6.18 Å². The Bertz CT molecular complexity index is 735. The Kier molecular flexibility index (Phi) is 5.08. The number of alkyl halides is 3. The Morgan fingerprint density at radius 1 is 1.32 bits per heavy atom. The van der Waals surface area contributed by atoms with Crippen molar-refractivity contribution in [3.05, 3.63) is 47.3 Å². The molecule has 134 valence electrons. The van der Waals surface area contributed by atoms with Crippen LogP contribution < -0.4 is 10.6 Å². The van der Waals surface area contributed by atoms with Crippen molar-refractivity contribution >= 4 is 11.6 Å². The van der Waals surface area contributed by atoms with Crippen LogP contribution in [-0.4, -0.2) is 35.4 Å². The van der Waals surface area contributed by atoms with Crippen LogP contribution in [-0.2, 0) is 6.42 Å². The zero-order valence-electron chi connectivity index (χ0n) is 13.5. The minimum atomic E-state index is -4.19. The van der Waals surface area contributed by atoms with E-state index in [0.29, 0.717) is 17.2 Å². The molecule has 2 heterocycles. The summed E-state index contributed by atoms with van der Waals surface area (Å²) in [5, 5.41) is 12.9. The first kappa shape index (κ1) is 17.5. The summed E-state index contributed by atoms with van der Waals surface area (Å²) in [5.41, 5.74) is 2.16. The lowest BCUT2D eigenvalue weighted by Crippen LogP contribution is -2.13. The number of halogens is 3. The van der Waals surface area contributed by atoms with Crippen molar-refractivity contribution in [3.63, 3.8) is 0 Å². The van der Waals surface area contributed by atoms with Crippen LogP contribution in [0.3, 0.4) is 0 Å². The highest BCUT2D eigenvalue weighted by Crippen LogP contribution is 2.24. The summed E-state index contributed by atoms with van der Waals surface area (Å²) in [6, 6.07) is 8.16. The van der Waals surface area contributed by atoms with Crippen LogP contribution in [0.4, 0.5) is 18.9 Å². The first-order valence-electron chi connectivity index (χ1n) is 8.14. The van der Waals surface area contributed by atoms with E-state index in [1.807, 2.05) is 0 Å². The largest absolute Gasteiger partial charge is 0.389 e. The number of aromatic nitrogens is 2. The van der Waals surface area contributed by atoms with Gasteiger partial charge in [-0.05, 0) is 43.1 Å². The van der Waals surface area contributed by atoms with E-state index in [4.69, 9.17) is 0 Å². The quantitative estimate of drug-likeness (QED) is 0.774. The van der Waals surface area contributed by atoms with Crippen LogP contribution in [0.1, 0.15) is 40.5 Å². The van der Waals surface area contributed by atoms with Crippen molar-refractivity contribution in [2.75, 3.05) is 18.4 Å². The van der Waals surface area contributed by atoms with Gasteiger partial charge in [-0.15, -0.1) is 0 Å². The number of hydrogen-bond acceptors (Lipinski definition) is 3. The molecule has 25 heavy (non-hydrogen) atoms. The predicted molar refractivity (Wildman–Crippen MR) is 87.6 cm³/mol. The monoisotopic (exact) mass is 352 g/mol. The molecule has 0 aliphatic carbocycles. The van der Waals surface area contributed by atoms with Gasteiger partial charge in [-0.25, -0.2) is 0 Å². The lowest BCUT2D eigenvalue weighted by Gasteiger charge is -2.08. The molecule has 0 bridgehead atoms. The molecular formula is C17H19F3N4O. The van der Waals surface area contributed by atoms with Crippen LogP contribution in [0.2, 0.25) is 0 Å². The molecule has 2 aromatic rings. The van der Waals surface area contributed by atoms with E-state index in [1.165, 1.54) is 0 Å². The fourth-order valence-corrected chi connectivity index (χ4v) is 2.87. The molecule has 0 spiro atoms. The number of amides is 1. The van der Waals surface area contributed by atoms with E-state index >= 15 is 0 Å². The lowest BCUT2D eigenvalue weighted by atomic mass is 10.1. The van der Waals surface area contributed by atoms with Crippen LogP contribution in [0.5, 0.6) is 0 Å². The van der Waals surface area contributed by atoms with E-state index < -0.39 is 12.6 Å². The second-order valence-corrected chi connectivity index (χ2v) is 6.17. The zero-order chi connectivity index (χ0) is 17.9. The fourth-order valence-electron chi connectivity index (χ4n) is 2.87. The number of anilines is 1. The van der Waals surface area contributed by atoms with Crippen LogP contribution in [0.15, 0.2) is 30.3 Å².